The van der Waals surface area contributed by atoms with Crippen LogP contribution in [0.4, 0.5) is 0 Å². The Morgan fingerprint density at radius 1 is 0.543 bits per heavy atom. The van der Waals surface area contributed by atoms with Crippen LogP contribution in [0.2, 0.25) is 0 Å². The van der Waals surface area contributed by atoms with Crippen molar-refractivity contribution in [2.45, 2.75) is 84.2 Å². The zero-order chi connectivity index (χ0) is 27.0. The molecule has 0 saturated carbocycles. The first-order chi connectivity index (χ1) is 15.7. The molecule has 0 fully saturated rings. The Balaban J connectivity index is 2.23. The highest BCUT2D eigenvalue weighted by atomic mass is 16.6. The number of hydrogen-bond donors (Lipinski definition) is 4. The maximum absolute atomic E-state index is 12.5. The van der Waals surface area contributed by atoms with Crippen molar-refractivity contribution >= 4 is 11.9 Å². The Kier molecular flexibility index (Phi) is 7.89. The molecule has 0 atom stereocenters. The van der Waals surface area contributed by atoms with E-state index < -0.39 is 40.8 Å². The van der Waals surface area contributed by atoms with Crippen molar-refractivity contribution in [3.63, 3.8) is 0 Å². The molecule has 4 N–H and O–H groups in total. The monoisotopic (exact) mass is 488 g/mol. The van der Waals surface area contributed by atoms with Crippen molar-refractivity contribution in [1.29, 1.82) is 0 Å². The maximum Gasteiger partial charge on any atom is 0.322 e. The minimum atomic E-state index is -1.26. The molecular weight excluding hydrogens is 452 g/mol. The fraction of sp³-hybridized carbons (Fsp3) is 0.481. The summed E-state index contributed by atoms with van der Waals surface area (Å²) in [4.78, 5) is 24.9. The molecule has 0 saturated heterocycles. The average Bonchev–Trinajstić information content (AvgIpc) is 2.64. The van der Waals surface area contributed by atoms with Crippen LogP contribution in [0.25, 0.3) is 0 Å². The van der Waals surface area contributed by atoms with Gasteiger partial charge in [0, 0.05) is 0 Å². The molecule has 8 heteroatoms. The van der Waals surface area contributed by atoms with Gasteiger partial charge in [0.05, 0.1) is 22.4 Å². The lowest BCUT2D eigenvalue weighted by atomic mass is 9.90. The van der Waals surface area contributed by atoms with Gasteiger partial charge in [-0.15, -0.1) is 0 Å². The fourth-order valence-corrected chi connectivity index (χ4v) is 3.18. The molecule has 0 aliphatic rings. The molecule has 35 heavy (non-hydrogen) atoms. The van der Waals surface area contributed by atoms with E-state index in [1.54, 1.807) is 67.5 Å². The summed E-state index contributed by atoms with van der Waals surface area (Å²) >= 11 is 0. The lowest BCUT2D eigenvalue weighted by Gasteiger charge is -2.24. The minimum absolute atomic E-state index is 0.0629. The second kappa shape index (κ2) is 9.70. The van der Waals surface area contributed by atoms with Gasteiger partial charge in [-0.05, 0) is 114 Å². The van der Waals surface area contributed by atoms with Crippen molar-refractivity contribution in [2.24, 2.45) is 0 Å². The Hall–Kier alpha value is -2.78. The van der Waals surface area contributed by atoms with Crippen LogP contribution in [-0.2, 0) is 32.0 Å². The predicted molar refractivity (Wildman–Crippen MR) is 130 cm³/mol. The summed E-state index contributed by atoms with van der Waals surface area (Å²) in [5, 5.41) is 41.5. The number of carbonyl (C=O) groups is 2. The second-order valence-corrected chi connectivity index (χ2v) is 10.9. The number of hydrogen-bond acceptors (Lipinski definition) is 8. The topological polar surface area (TPSA) is 134 Å². The molecule has 2 aromatic rings. The number of rotatable bonds is 8. The molecule has 0 aliphatic heterocycles. The van der Waals surface area contributed by atoms with Gasteiger partial charge in [-0.2, -0.15) is 0 Å². The van der Waals surface area contributed by atoms with Crippen LogP contribution in [0.1, 0.15) is 84.1 Å². The van der Waals surface area contributed by atoms with Gasteiger partial charge in [-0.3, -0.25) is 9.59 Å². The van der Waals surface area contributed by atoms with E-state index in [9.17, 15) is 30.0 Å². The highest BCUT2D eigenvalue weighted by Gasteiger charge is 2.26. The molecule has 0 aliphatic carbocycles. The van der Waals surface area contributed by atoms with E-state index in [1.807, 2.05) is 0 Å². The first kappa shape index (κ1) is 28.5. The van der Waals surface area contributed by atoms with Gasteiger partial charge in [-0.25, -0.2) is 0 Å². The van der Waals surface area contributed by atoms with Gasteiger partial charge < -0.3 is 29.9 Å². The van der Waals surface area contributed by atoms with Gasteiger partial charge in [0.15, 0.2) is 0 Å². The largest absolute Gasteiger partial charge is 0.426 e. The van der Waals surface area contributed by atoms with E-state index in [0.29, 0.717) is 22.3 Å². The van der Waals surface area contributed by atoms with Crippen molar-refractivity contribution in [3.8, 4) is 11.5 Å². The molecule has 0 spiro atoms. The Bertz CT molecular complexity index is 938. The van der Waals surface area contributed by atoms with Crippen LogP contribution < -0.4 is 9.47 Å². The van der Waals surface area contributed by atoms with Gasteiger partial charge >= 0.3 is 11.9 Å². The molecule has 0 heterocycles. The molecule has 2 aromatic carbocycles. The number of esters is 2. The number of ether oxygens (including phenoxy) is 2. The third-order valence-electron chi connectivity index (χ3n) is 5.39. The molecule has 192 valence electrons. The predicted octanol–water partition coefficient (Wildman–Crippen LogP) is 3.50. The average molecular weight is 489 g/mol. The standard InChI is InChI=1S/C27H36O8/c1-24(2,30)16-9-17(25(3,4)31)12-20(11-16)34-22(28)15-23(29)35-21-13-18(26(5,6)32)10-19(14-21)27(7,8)33/h9-14,30-33H,15H2,1-8H3. The van der Waals surface area contributed by atoms with Crippen LogP contribution in [0, 0.1) is 0 Å². The number of carbonyl (C=O) groups excluding carboxylic acids is 2. The van der Waals surface area contributed by atoms with Crippen molar-refractivity contribution in [2.75, 3.05) is 0 Å². The lowest BCUT2D eigenvalue weighted by Crippen LogP contribution is -2.23. The smallest absolute Gasteiger partial charge is 0.322 e. The Morgan fingerprint density at radius 2 is 0.771 bits per heavy atom. The number of aliphatic hydroxyl groups is 4. The van der Waals surface area contributed by atoms with Crippen LogP contribution >= 0.6 is 0 Å². The summed E-state index contributed by atoms with van der Waals surface area (Å²) in [6.45, 7) is 12.5. The summed E-state index contributed by atoms with van der Waals surface area (Å²) < 4.78 is 10.6. The van der Waals surface area contributed by atoms with E-state index >= 15 is 0 Å². The second-order valence-electron chi connectivity index (χ2n) is 10.9. The van der Waals surface area contributed by atoms with Crippen molar-refractivity contribution < 1.29 is 39.5 Å². The maximum atomic E-state index is 12.5. The summed E-state index contributed by atoms with van der Waals surface area (Å²) in [5.41, 5.74) is -3.35. The SMILES string of the molecule is CC(C)(O)c1cc(OC(=O)CC(=O)Oc2cc(C(C)(C)O)cc(C(C)(C)O)c2)cc(C(C)(C)O)c1. The summed E-state index contributed by atoms with van der Waals surface area (Å²) in [5.74, 6) is -1.67. The van der Waals surface area contributed by atoms with Gasteiger partial charge in [0.25, 0.3) is 0 Å². The molecule has 8 nitrogen and oxygen atoms in total. The summed E-state index contributed by atoms with van der Waals surface area (Å²) in [6.07, 6.45) is -0.713. The van der Waals surface area contributed by atoms with Crippen molar-refractivity contribution in [1.82, 2.24) is 0 Å². The molecule has 0 unspecified atom stereocenters. The fourth-order valence-electron chi connectivity index (χ4n) is 3.18. The van der Waals surface area contributed by atoms with Gasteiger partial charge in [0.2, 0.25) is 0 Å². The van der Waals surface area contributed by atoms with Gasteiger partial charge in [0.1, 0.15) is 17.9 Å². The highest BCUT2D eigenvalue weighted by Crippen LogP contribution is 2.32. The number of benzene rings is 2. The van der Waals surface area contributed by atoms with E-state index in [1.165, 1.54) is 24.3 Å². The van der Waals surface area contributed by atoms with E-state index in [4.69, 9.17) is 9.47 Å². The summed E-state index contributed by atoms with van der Waals surface area (Å²) in [7, 11) is 0. The molecule has 0 radical (unpaired) electrons. The van der Waals surface area contributed by atoms with E-state index in [0.717, 1.165) is 0 Å². The highest BCUT2D eigenvalue weighted by molar-refractivity contribution is 5.93. The first-order valence-electron chi connectivity index (χ1n) is 11.3. The molecule has 2 rings (SSSR count). The molecular formula is C27H36O8. The van der Waals surface area contributed by atoms with Crippen molar-refractivity contribution in [3.05, 3.63) is 58.7 Å². The molecule has 0 aromatic heterocycles. The van der Waals surface area contributed by atoms with Crippen LogP contribution in [-0.4, -0.2) is 32.4 Å². The Morgan fingerprint density at radius 3 is 0.971 bits per heavy atom. The first-order valence-corrected chi connectivity index (χ1v) is 11.3. The van der Waals surface area contributed by atoms with E-state index in [-0.39, 0.29) is 11.5 Å². The molecule has 0 bridgehead atoms. The zero-order valence-electron chi connectivity index (χ0n) is 21.6. The summed E-state index contributed by atoms with van der Waals surface area (Å²) in [6, 6.07) is 9.06. The molecule has 0 amide bonds. The normalized spacial score (nSPS) is 12.9. The van der Waals surface area contributed by atoms with Crippen LogP contribution in [0.5, 0.6) is 11.5 Å². The third-order valence-corrected chi connectivity index (χ3v) is 5.39. The zero-order valence-corrected chi connectivity index (χ0v) is 21.6. The van der Waals surface area contributed by atoms with Crippen LogP contribution in [0.3, 0.4) is 0 Å². The van der Waals surface area contributed by atoms with Gasteiger partial charge in [-0.1, -0.05) is 0 Å². The Labute approximate surface area is 206 Å². The van der Waals surface area contributed by atoms with Crippen LogP contribution in [0.15, 0.2) is 36.4 Å². The quantitative estimate of drug-likeness (QED) is 0.252. The van der Waals surface area contributed by atoms with E-state index in [2.05, 4.69) is 0 Å². The minimum Gasteiger partial charge on any atom is -0.426 e. The lowest BCUT2D eigenvalue weighted by molar-refractivity contribution is -0.144. The third kappa shape index (κ3) is 8.14.